The molecule has 0 aliphatic carbocycles. The highest BCUT2D eigenvalue weighted by Gasteiger charge is 2.21. The van der Waals surface area contributed by atoms with E-state index in [0.29, 0.717) is 5.92 Å². The topological polar surface area (TPSA) is 46.1 Å². The van der Waals surface area contributed by atoms with Gasteiger partial charge in [0.1, 0.15) is 5.82 Å². The average molecular weight is 247 g/mol. The first-order valence-electron chi connectivity index (χ1n) is 6.61. The minimum atomic E-state index is 0.191. The molecule has 0 bridgehead atoms. The van der Waals surface area contributed by atoms with Crippen molar-refractivity contribution in [1.82, 2.24) is 14.9 Å². The Bertz CT molecular complexity index is 416. The van der Waals surface area contributed by atoms with E-state index in [1.54, 1.807) is 6.92 Å². The van der Waals surface area contributed by atoms with E-state index in [1.165, 1.54) is 0 Å². The zero-order chi connectivity index (χ0) is 13.1. The molecule has 0 unspecified atom stereocenters. The zero-order valence-corrected chi connectivity index (χ0v) is 11.4. The van der Waals surface area contributed by atoms with Gasteiger partial charge >= 0.3 is 0 Å². The molecule has 0 aromatic carbocycles. The van der Waals surface area contributed by atoms with Crippen molar-refractivity contribution in [2.45, 2.75) is 40.0 Å². The van der Waals surface area contributed by atoms with E-state index >= 15 is 0 Å². The van der Waals surface area contributed by atoms with Gasteiger partial charge in [-0.3, -0.25) is 4.79 Å². The third-order valence-electron chi connectivity index (χ3n) is 3.56. The summed E-state index contributed by atoms with van der Waals surface area (Å²) in [5, 5.41) is 0. The Labute approximate surface area is 108 Å². The maximum Gasteiger partial charge on any atom is 0.219 e. The lowest BCUT2D eigenvalue weighted by Crippen LogP contribution is -2.37. The second-order valence-corrected chi connectivity index (χ2v) is 5.22. The van der Waals surface area contributed by atoms with Crippen LogP contribution in [0.25, 0.3) is 0 Å². The number of carbonyl (C=O) groups excluding carboxylic acids is 1. The van der Waals surface area contributed by atoms with Gasteiger partial charge in [0.15, 0.2) is 0 Å². The summed E-state index contributed by atoms with van der Waals surface area (Å²) in [6.07, 6.45) is 3.07. The van der Waals surface area contributed by atoms with Gasteiger partial charge in [-0.2, -0.15) is 0 Å². The van der Waals surface area contributed by atoms with Crippen molar-refractivity contribution in [3.05, 3.63) is 23.3 Å². The molecule has 0 radical (unpaired) electrons. The van der Waals surface area contributed by atoms with E-state index in [2.05, 4.69) is 9.97 Å². The third-order valence-corrected chi connectivity index (χ3v) is 3.56. The number of rotatable bonds is 2. The van der Waals surface area contributed by atoms with Crippen LogP contribution < -0.4 is 0 Å². The fourth-order valence-corrected chi connectivity index (χ4v) is 2.60. The minimum absolute atomic E-state index is 0.191. The van der Waals surface area contributed by atoms with Gasteiger partial charge in [0.2, 0.25) is 5.91 Å². The molecule has 0 saturated carbocycles. The monoisotopic (exact) mass is 247 g/mol. The highest BCUT2D eigenvalue weighted by Crippen LogP contribution is 2.20. The maximum absolute atomic E-state index is 11.3. The summed E-state index contributed by atoms with van der Waals surface area (Å²) in [6.45, 7) is 7.43. The van der Waals surface area contributed by atoms with Gasteiger partial charge in [0.25, 0.3) is 0 Å². The Morgan fingerprint density at radius 3 is 2.33 bits per heavy atom. The van der Waals surface area contributed by atoms with Crippen LogP contribution in [0.2, 0.25) is 0 Å². The SMILES string of the molecule is CC(=O)N1CCC(Cc2nc(C)cc(C)n2)CC1. The zero-order valence-electron chi connectivity index (χ0n) is 11.4. The molecule has 1 aliphatic heterocycles. The second-order valence-electron chi connectivity index (χ2n) is 5.22. The van der Waals surface area contributed by atoms with Gasteiger partial charge in [-0.05, 0) is 38.7 Å². The minimum Gasteiger partial charge on any atom is -0.343 e. The largest absolute Gasteiger partial charge is 0.343 e. The summed E-state index contributed by atoms with van der Waals surface area (Å²) < 4.78 is 0. The Morgan fingerprint density at radius 1 is 1.28 bits per heavy atom. The number of carbonyl (C=O) groups is 1. The van der Waals surface area contributed by atoms with Crippen LogP contribution in [0.1, 0.15) is 37.0 Å². The van der Waals surface area contributed by atoms with E-state index in [1.807, 2.05) is 24.8 Å². The Morgan fingerprint density at radius 2 is 1.83 bits per heavy atom. The first-order valence-corrected chi connectivity index (χ1v) is 6.61. The van der Waals surface area contributed by atoms with Crippen LogP contribution >= 0.6 is 0 Å². The van der Waals surface area contributed by atoms with Gasteiger partial charge in [-0.15, -0.1) is 0 Å². The number of likely N-dealkylation sites (tertiary alicyclic amines) is 1. The van der Waals surface area contributed by atoms with Crippen LogP contribution in [0.5, 0.6) is 0 Å². The molecule has 4 heteroatoms. The molecular weight excluding hydrogens is 226 g/mol. The quantitative estimate of drug-likeness (QED) is 0.801. The van der Waals surface area contributed by atoms with Crippen molar-refractivity contribution >= 4 is 5.91 Å². The summed E-state index contributed by atoms with van der Waals surface area (Å²) in [5.74, 6) is 1.76. The van der Waals surface area contributed by atoms with Crippen molar-refractivity contribution in [1.29, 1.82) is 0 Å². The third kappa shape index (κ3) is 3.28. The van der Waals surface area contributed by atoms with E-state index in [4.69, 9.17) is 0 Å². The van der Waals surface area contributed by atoms with Crippen LogP contribution in [0, 0.1) is 19.8 Å². The van der Waals surface area contributed by atoms with Crippen molar-refractivity contribution < 1.29 is 4.79 Å². The summed E-state index contributed by atoms with van der Waals surface area (Å²) >= 11 is 0. The Hall–Kier alpha value is -1.45. The van der Waals surface area contributed by atoms with Gasteiger partial charge in [-0.25, -0.2) is 9.97 Å². The number of hydrogen-bond donors (Lipinski definition) is 0. The lowest BCUT2D eigenvalue weighted by molar-refractivity contribution is -0.130. The second kappa shape index (κ2) is 5.46. The normalized spacial score (nSPS) is 16.9. The Kier molecular flexibility index (Phi) is 3.94. The van der Waals surface area contributed by atoms with Crippen molar-refractivity contribution in [2.75, 3.05) is 13.1 Å². The molecule has 4 nitrogen and oxygen atoms in total. The molecule has 1 amide bonds. The fourth-order valence-electron chi connectivity index (χ4n) is 2.60. The van der Waals surface area contributed by atoms with Crippen LogP contribution in [0.4, 0.5) is 0 Å². The molecular formula is C14H21N3O. The van der Waals surface area contributed by atoms with E-state index in [9.17, 15) is 4.79 Å². The smallest absolute Gasteiger partial charge is 0.219 e. The molecule has 2 heterocycles. The molecule has 0 atom stereocenters. The summed E-state index contributed by atoms with van der Waals surface area (Å²) in [7, 11) is 0. The first-order chi connectivity index (χ1) is 8.54. The predicted molar refractivity (Wildman–Crippen MR) is 70.2 cm³/mol. The van der Waals surface area contributed by atoms with Gasteiger partial charge in [0, 0.05) is 37.8 Å². The van der Waals surface area contributed by atoms with E-state index < -0.39 is 0 Å². The van der Waals surface area contributed by atoms with Crippen LogP contribution in [-0.2, 0) is 11.2 Å². The molecule has 1 aromatic heterocycles. The van der Waals surface area contributed by atoms with Crippen LogP contribution in [0.15, 0.2) is 6.07 Å². The highest BCUT2D eigenvalue weighted by molar-refractivity contribution is 5.73. The summed E-state index contributed by atoms with van der Waals surface area (Å²) in [6, 6.07) is 2.00. The molecule has 2 rings (SSSR count). The number of piperidine rings is 1. The Balaban J connectivity index is 1.93. The van der Waals surface area contributed by atoms with Crippen LogP contribution in [-0.4, -0.2) is 33.9 Å². The number of aromatic nitrogens is 2. The highest BCUT2D eigenvalue weighted by atomic mass is 16.2. The lowest BCUT2D eigenvalue weighted by Gasteiger charge is -2.31. The van der Waals surface area contributed by atoms with Crippen molar-refractivity contribution in [3.8, 4) is 0 Å². The molecule has 0 N–H and O–H groups in total. The van der Waals surface area contributed by atoms with Crippen LogP contribution in [0.3, 0.4) is 0 Å². The summed E-state index contributed by atoms with van der Waals surface area (Å²) in [4.78, 5) is 22.2. The molecule has 98 valence electrons. The van der Waals surface area contributed by atoms with Crippen molar-refractivity contribution in [3.63, 3.8) is 0 Å². The molecule has 1 saturated heterocycles. The molecule has 1 aliphatic rings. The molecule has 18 heavy (non-hydrogen) atoms. The van der Waals surface area contributed by atoms with Gasteiger partial charge in [0.05, 0.1) is 0 Å². The number of aryl methyl sites for hydroxylation is 2. The lowest BCUT2D eigenvalue weighted by atomic mass is 9.93. The number of amides is 1. The standard InChI is InChI=1S/C14H21N3O/c1-10-8-11(2)16-14(15-10)9-13-4-6-17(7-5-13)12(3)18/h8,13H,4-7,9H2,1-3H3. The maximum atomic E-state index is 11.3. The number of hydrogen-bond acceptors (Lipinski definition) is 3. The summed E-state index contributed by atoms with van der Waals surface area (Å²) in [5.41, 5.74) is 2.08. The average Bonchev–Trinajstić information content (AvgIpc) is 2.28. The molecule has 1 aromatic rings. The van der Waals surface area contributed by atoms with Gasteiger partial charge in [-0.1, -0.05) is 0 Å². The van der Waals surface area contributed by atoms with E-state index in [-0.39, 0.29) is 5.91 Å². The van der Waals surface area contributed by atoms with E-state index in [0.717, 1.165) is 49.6 Å². The first kappa shape index (κ1) is 13.0. The molecule has 1 fully saturated rings. The van der Waals surface area contributed by atoms with Gasteiger partial charge < -0.3 is 4.90 Å². The predicted octanol–water partition coefficient (Wildman–Crippen LogP) is 1.89. The van der Waals surface area contributed by atoms with Crippen molar-refractivity contribution in [2.24, 2.45) is 5.92 Å². The fraction of sp³-hybridized carbons (Fsp3) is 0.643. The molecule has 0 spiro atoms. The number of nitrogens with zero attached hydrogens (tertiary/aromatic N) is 3.